The Morgan fingerprint density at radius 3 is 2.65 bits per heavy atom. The number of ether oxygens (including phenoxy) is 1. The van der Waals surface area contributed by atoms with E-state index in [1.807, 2.05) is 29.2 Å². The van der Waals surface area contributed by atoms with Gasteiger partial charge in [-0.15, -0.1) is 0 Å². The van der Waals surface area contributed by atoms with Crippen LogP contribution in [0.4, 0.5) is 11.4 Å². The van der Waals surface area contributed by atoms with E-state index in [-0.39, 0.29) is 17.2 Å². The SMILES string of the molecule is O=C(c1ccc(N2CCOCC2)c([N+](=O)[O-])c1)N1N=C2C(=Cc3ccco3)CCCC2C1c1ccco1. The monoisotopic (exact) mass is 502 g/mol. The molecule has 1 aromatic carbocycles. The smallest absolute Gasteiger partial charge is 0.293 e. The lowest BCUT2D eigenvalue weighted by molar-refractivity contribution is -0.384. The number of furan rings is 2. The summed E-state index contributed by atoms with van der Waals surface area (Å²) in [6.07, 6.45) is 7.79. The minimum Gasteiger partial charge on any atom is -0.467 e. The van der Waals surface area contributed by atoms with Gasteiger partial charge in [0.15, 0.2) is 0 Å². The summed E-state index contributed by atoms with van der Waals surface area (Å²) in [6.45, 7) is 2.12. The average molecular weight is 503 g/mol. The van der Waals surface area contributed by atoms with E-state index in [2.05, 4.69) is 0 Å². The summed E-state index contributed by atoms with van der Waals surface area (Å²) < 4.78 is 16.7. The second kappa shape index (κ2) is 9.70. The maximum absolute atomic E-state index is 13.9. The van der Waals surface area contributed by atoms with Crippen LogP contribution in [0, 0.1) is 16.0 Å². The Morgan fingerprint density at radius 2 is 1.92 bits per heavy atom. The van der Waals surface area contributed by atoms with Gasteiger partial charge in [-0.25, -0.2) is 5.01 Å². The minimum absolute atomic E-state index is 0.0485. The predicted octanol–water partition coefficient (Wildman–Crippen LogP) is 5.05. The molecular formula is C27H26N4O6. The highest BCUT2D eigenvalue weighted by Crippen LogP contribution is 2.45. The molecule has 1 aliphatic carbocycles. The molecule has 2 unspecified atom stereocenters. The molecule has 2 aromatic heterocycles. The molecule has 190 valence electrons. The van der Waals surface area contributed by atoms with E-state index in [4.69, 9.17) is 18.7 Å². The first-order valence-electron chi connectivity index (χ1n) is 12.4. The molecule has 6 rings (SSSR count). The van der Waals surface area contributed by atoms with E-state index in [0.29, 0.717) is 37.8 Å². The van der Waals surface area contributed by atoms with Gasteiger partial charge >= 0.3 is 0 Å². The number of benzene rings is 1. The first-order chi connectivity index (χ1) is 18.1. The molecule has 0 bridgehead atoms. The Bertz CT molecular complexity index is 1360. The van der Waals surface area contributed by atoms with Crippen LogP contribution in [0.2, 0.25) is 0 Å². The molecule has 3 aromatic rings. The number of hydrogen-bond donors (Lipinski definition) is 0. The van der Waals surface area contributed by atoms with Gasteiger partial charge in [0, 0.05) is 30.6 Å². The highest BCUT2D eigenvalue weighted by molar-refractivity contribution is 6.09. The number of nitrogens with zero attached hydrogens (tertiary/aromatic N) is 4. The summed E-state index contributed by atoms with van der Waals surface area (Å²) in [5.41, 5.74) is 2.44. The molecule has 0 spiro atoms. The maximum Gasteiger partial charge on any atom is 0.293 e. The second-order valence-corrected chi connectivity index (χ2v) is 9.34. The van der Waals surface area contributed by atoms with Gasteiger partial charge in [0.05, 0.1) is 36.4 Å². The van der Waals surface area contributed by atoms with E-state index in [1.54, 1.807) is 30.7 Å². The summed E-state index contributed by atoms with van der Waals surface area (Å²) in [7, 11) is 0. The maximum atomic E-state index is 13.9. The van der Waals surface area contributed by atoms with Crippen LogP contribution < -0.4 is 4.90 Å². The van der Waals surface area contributed by atoms with Crippen LogP contribution in [0.1, 0.15) is 47.2 Å². The number of nitro groups is 1. The van der Waals surface area contributed by atoms with Crippen molar-refractivity contribution in [2.24, 2.45) is 11.0 Å². The van der Waals surface area contributed by atoms with Gasteiger partial charge < -0.3 is 18.5 Å². The van der Waals surface area contributed by atoms with Crippen LogP contribution >= 0.6 is 0 Å². The number of carbonyl (C=O) groups excluding carboxylic acids is 1. The van der Waals surface area contributed by atoms with Crippen molar-refractivity contribution in [3.63, 3.8) is 0 Å². The highest BCUT2D eigenvalue weighted by atomic mass is 16.6. The van der Waals surface area contributed by atoms with Crippen molar-refractivity contribution in [2.45, 2.75) is 25.3 Å². The fraction of sp³-hybridized carbons (Fsp3) is 0.333. The fourth-order valence-electron chi connectivity index (χ4n) is 5.46. The topological polar surface area (TPSA) is 115 Å². The number of rotatable bonds is 5. The van der Waals surface area contributed by atoms with Crippen molar-refractivity contribution in [1.82, 2.24) is 5.01 Å². The minimum atomic E-state index is -0.439. The zero-order chi connectivity index (χ0) is 25.4. The van der Waals surface area contributed by atoms with Gasteiger partial charge in [-0.3, -0.25) is 14.9 Å². The van der Waals surface area contributed by atoms with Crippen LogP contribution in [-0.4, -0.2) is 47.9 Å². The Hall–Kier alpha value is -4.18. The zero-order valence-corrected chi connectivity index (χ0v) is 20.1. The van der Waals surface area contributed by atoms with E-state index < -0.39 is 16.9 Å². The third-order valence-electron chi connectivity index (χ3n) is 7.17. The molecule has 2 fully saturated rings. The van der Waals surface area contributed by atoms with Crippen LogP contribution in [0.5, 0.6) is 0 Å². The van der Waals surface area contributed by atoms with Gasteiger partial charge in [-0.2, -0.15) is 5.10 Å². The lowest BCUT2D eigenvalue weighted by atomic mass is 9.79. The first-order valence-corrected chi connectivity index (χ1v) is 12.4. The van der Waals surface area contributed by atoms with Crippen molar-refractivity contribution in [2.75, 3.05) is 31.2 Å². The quantitative estimate of drug-likeness (QED) is 0.354. The van der Waals surface area contributed by atoms with E-state index in [0.717, 1.165) is 36.3 Å². The number of nitro benzene ring substituents is 1. The number of hydrazone groups is 1. The van der Waals surface area contributed by atoms with Crippen molar-refractivity contribution >= 4 is 29.1 Å². The molecule has 2 aliphatic heterocycles. The highest BCUT2D eigenvalue weighted by Gasteiger charge is 2.45. The van der Waals surface area contributed by atoms with Gasteiger partial charge in [0.2, 0.25) is 0 Å². The number of hydrogen-bond acceptors (Lipinski definition) is 8. The van der Waals surface area contributed by atoms with Crippen molar-refractivity contribution in [1.29, 1.82) is 0 Å². The molecule has 2 atom stereocenters. The Labute approximate surface area is 212 Å². The summed E-state index contributed by atoms with van der Waals surface area (Å²) >= 11 is 0. The van der Waals surface area contributed by atoms with Gasteiger partial charge in [0.1, 0.15) is 23.2 Å². The normalized spacial score (nSPS) is 22.7. The van der Waals surface area contributed by atoms with Crippen molar-refractivity contribution in [3.05, 3.63) is 87.8 Å². The molecule has 1 saturated carbocycles. The van der Waals surface area contributed by atoms with E-state index in [9.17, 15) is 14.9 Å². The first kappa shape index (κ1) is 23.2. The number of fused-ring (bicyclic) bond motifs is 1. The zero-order valence-electron chi connectivity index (χ0n) is 20.1. The summed E-state index contributed by atoms with van der Waals surface area (Å²) in [5.74, 6) is 0.910. The van der Waals surface area contributed by atoms with Crippen LogP contribution in [0.25, 0.3) is 6.08 Å². The van der Waals surface area contributed by atoms with Crippen LogP contribution in [0.15, 0.2) is 74.5 Å². The van der Waals surface area contributed by atoms with Crippen molar-refractivity contribution < 1.29 is 23.3 Å². The summed E-state index contributed by atoms with van der Waals surface area (Å²) in [6, 6.07) is 11.6. The standard InChI is InChI=1S/C27H26N4O6/c32-27(19-8-9-22(23(17-19)31(33)34)29-10-14-35-15-11-29)30-26(24-7-3-13-37-24)21-6-1-4-18(25(21)28-30)16-20-5-2-12-36-20/h2-3,5,7-9,12-13,16-17,21,26H,1,4,6,10-11,14-15H2. The second-order valence-electron chi connectivity index (χ2n) is 9.34. The largest absolute Gasteiger partial charge is 0.467 e. The number of amides is 1. The summed E-state index contributed by atoms with van der Waals surface area (Å²) in [5, 5.41) is 18.2. The average Bonchev–Trinajstić information content (AvgIpc) is 3.70. The van der Waals surface area contributed by atoms with Crippen molar-refractivity contribution in [3.8, 4) is 0 Å². The third-order valence-corrected chi connectivity index (χ3v) is 7.17. The molecular weight excluding hydrogens is 476 g/mol. The predicted molar refractivity (Wildman–Crippen MR) is 135 cm³/mol. The number of morpholine rings is 1. The lowest BCUT2D eigenvalue weighted by Crippen LogP contribution is -2.36. The number of anilines is 1. The molecule has 1 saturated heterocycles. The molecule has 3 aliphatic rings. The van der Waals surface area contributed by atoms with Crippen LogP contribution in [0.3, 0.4) is 0 Å². The Kier molecular flexibility index (Phi) is 6.09. The molecule has 4 heterocycles. The number of carbonyl (C=O) groups is 1. The van der Waals surface area contributed by atoms with E-state index in [1.165, 1.54) is 11.1 Å². The number of allylic oxidation sites excluding steroid dienone is 1. The molecule has 37 heavy (non-hydrogen) atoms. The van der Waals surface area contributed by atoms with Gasteiger partial charge in [-0.1, -0.05) is 0 Å². The van der Waals surface area contributed by atoms with E-state index >= 15 is 0 Å². The third kappa shape index (κ3) is 4.33. The molecule has 10 heteroatoms. The Morgan fingerprint density at radius 1 is 1.11 bits per heavy atom. The molecule has 0 N–H and O–H groups in total. The lowest BCUT2D eigenvalue weighted by Gasteiger charge is -2.29. The van der Waals surface area contributed by atoms with Gasteiger partial charge in [-0.05, 0) is 67.3 Å². The molecule has 0 radical (unpaired) electrons. The molecule has 1 amide bonds. The Balaban J connectivity index is 1.38. The summed E-state index contributed by atoms with van der Waals surface area (Å²) in [4.78, 5) is 27.3. The van der Waals surface area contributed by atoms with Gasteiger partial charge in [0.25, 0.3) is 11.6 Å². The van der Waals surface area contributed by atoms with Crippen LogP contribution in [-0.2, 0) is 4.74 Å². The fourth-order valence-corrected chi connectivity index (χ4v) is 5.46. The molecule has 10 nitrogen and oxygen atoms in total.